The molecule has 3 rings (SSSR count). The van der Waals surface area contributed by atoms with Gasteiger partial charge in [0.1, 0.15) is 5.69 Å². The molecule has 2 heterocycles. The Balaban J connectivity index is 1.73. The van der Waals surface area contributed by atoms with Crippen molar-refractivity contribution < 1.29 is 4.79 Å². The molecule has 1 fully saturated rings. The largest absolute Gasteiger partial charge is 0.341 e. The summed E-state index contributed by atoms with van der Waals surface area (Å²) in [6.45, 7) is 6.03. The van der Waals surface area contributed by atoms with Gasteiger partial charge in [-0.15, -0.1) is 5.10 Å². The van der Waals surface area contributed by atoms with Crippen molar-refractivity contribution in [3.05, 3.63) is 23.3 Å². The van der Waals surface area contributed by atoms with E-state index >= 15 is 0 Å². The van der Waals surface area contributed by atoms with Crippen LogP contribution in [-0.2, 0) is 7.05 Å². The van der Waals surface area contributed by atoms with Crippen molar-refractivity contribution in [2.75, 3.05) is 0 Å². The van der Waals surface area contributed by atoms with Gasteiger partial charge in [0.25, 0.3) is 5.91 Å². The van der Waals surface area contributed by atoms with Crippen LogP contribution in [0, 0.1) is 0 Å². The molecule has 1 atom stereocenters. The summed E-state index contributed by atoms with van der Waals surface area (Å²) in [7, 11) is 1.85. The van der Waals surface area contributed by atoms with Crippen molar-refractivity contribution in [1.29, 1.82) is 0 Å². The van der Waals surface area contributed by atoms with Crippen molar-refractivity contribution in [2.45, 2.75) is 51.6 Å². The van der Waals surface area contributed by atoms with E-state index in [9.17, 15) is 4.79 Å². The second-order valence-electron chi connectivity index (χ2n) is 6.14. The summed E-state index contributed by atoms with van der Waals surface area (Å²) in [6, 6.07) is 1.95. The summed E-state index contributed by atoms with van der Waals surface area (Å²) >= 11 is 0. The van der Waals surface area contributed by atoms with E-state index in [2.05, 4.69) is 39.8 Å². The van der Waals surface area contributed by atoms with Crippen LogP contribution < -0.4 is 5.32 Å². The van der Waals surface area contributed by atoms with Gasteiger partial charge < -0.3 is 5.32 Å². The summed E-state index contributed by atoms with van der Waals surface area (Å²) in [6.07, 6.45) is 2.19. The van der Waals surface area contributed by atoms with Crippen LogP contribution in [0.5, 0.6) is 0 Å². The topological polar surface area (TPSA) is 90.5 Å². The molecule has 2 aromatic rings. The Hall–Kier alpha value is -2.25. The van der Waals surface area contributed by atoms with Crippen molar-refractivity contribution in [2.24, 2.45) is 7.05 Å². The van der Waals surface area contributed by atoms with Crippen molar-refractivity contribution >= 4 is 5.91 Å². The fourth-order valence-electron chi connectivity index (χ4n) is 2.53. The average Bonchev–Trinajstić information content (AvgIpc) is 3.04. The lowest BCUT2D eigenvalue weighted by molar-refractivity contribution is 0.0931. The Morgan fingerprint density at radius 1 is 1.36 bits per heavy atom. The second kappa shape index (κ2) is 5.51. The van der Waals surface area contributed by atoms with Crippen LogP contribution in [0.3, 0.4) is 0 Å². The normalized spacial score (nSPS) is 16.0. The first-order valence-corrected chi connectivity index (χ1v) is 7.60. The van der Waals surface area contributed by atoms with Gasteiger partial charge in [0.15, 0.2) is 5.82 Å². The molecule has 1 aliphatic rings. The highest BCUT2D eigenvalue weighted by atomic mass is 16.2. The number of amides is 1. The van der Waals surface area contributed by atoms with Gasteiger partial charge in [-0.3, -0.25) is 9.48 Å². The van der Waals surface area contributed by atoms with Crippen LogP contribution in [0.25, 0.3) is 0 Å². The van der Waals surface area contributed by atoms with Gasteiger partial charge >= 0.3 is 0 Å². The van der Waals surface area contributed by atoms with E-state index in [0.29, 0.717) is 23.5 Å². The van der Waals surface area contributed by atoms with E-state index in [0.717, 1.165) is 18.5 Å². The van der Waals surface area contributed by atoms with Crippen molar-refractivity contribution in [3.8, 4) is 0 Å². The second-order valence-corrected chi connectivity index (χ2v) is 6.14. The summed E-state index contributed by atoms with van der Waals surface area (Å²) < 4.78 is 3.56. The maximum atomic E-state index is 12.4. The number of hydrogen-bond acceptors (Lipinski definition) is 5. The first-order chi connectivity index (χ1) is 10.5. The van der Waals surface area contributed by atoms with Crippen LogP contribution in [0.2, 0.25) is 0 Å². The average molecular weight is 303 g/mol. The van der Waals surface area contributed by atoms with E-state index in [-0.39, 0.29) is 11.9 Å². The molecule has 8 heteroatoms. The lowest BCUT2D eigenvalue weighted by Gasteiger charge is -2.12. The zero-order chi connectivity index (χ0) is 15.9. The number of aryl methyl sites for hydroxylation is 1. The Bertz CT molecular complexity index is 683. The Kier molecular flexibility index (Phi) is 3.67. The van der Waals surface area contributed by atoms with Gasteiger partial charge in [0.05, 0.1) is 12.1 Å². The molecule has 8 nitrogen and oxygen atoms in total. The smallest absolute Gasteiger partial charge is 0.272 e. The molecule has 1 saturated carbocycles. The number of rotatable bonds is 5. The van der Waals surface area contributed by atoms with Crippen LogP contribution in [-0.4, -0.2) is 35.9 Å². The van der Waals surface area contributed by atoms with Gasteiger partial charge in [0, 0.05) is 12.7 Å². The van der Waals surface area contributed by atoms with Crippen LogP contribution in [0.1, 0.15) is 73.6 Å². The van der Waals surface area contributed by atoms with Crippen molar-refractivity contribution in [3.63, 3.8) is 0 Å². The monoisotopic (exact) mass is 303 g/mol. The van der Waals surface area contributed by atoms with E-state index in [1.807, 2.05) is 24.7 Å². The lowest BCUT2D eigenvalue weighted by atomic mass is 10.1. The zero-order valence-electron chi connectivity index (χ0n) is 13.3. The van der Waals surface area contributed by atoms with Gasteiger partial charge in [-0.2, -0.15) is 5.10 Å². The number of carbonyl (C=O) groups excluding carboxylic acids is 1. The third-order valence-corrected chi connectivity index (χ3v) is 3.89. The number of hydrogen-bond donors (Lipinski definition) is 1. The first-order valence-electron chi connectivity index (χ1n) is 7.60. The van der Waals surface area contributed by atoms with E-state index < -0.39 is 0 Å². The molecule has 1 amide bonds. The minimum atomic E-state index is -0.257. The molecule has 1 N–H and O–H groups in total. The molecule has 0 unspecified atom stereocenters. The van der Waals surface area contributed by atoms with E-state index in [1.54, 1.807) is 4.68 Å². The molecule has 0 radical (unpaired) electrons. The predicted molar refractivity (Wildman–Crippen MR) is 79.3 cm³/mol. The Morgan fingerprint density at radius 3 is 2.68 bits per heavy atom. The van der Waals surface area contributed by atoms with Crippen LogP contribution in [0.4, 0.5) is 0 Å². The minimum absolute atomic E-state index is 0.208. The number of nitrogens with one attached hydrogen (secondary N) is 1. The maximum absolute atomic E-state index is 12.4. The Morgan fingerprint density at radius 2 is 2.09 bits per heavy atom. The predicted octanol–water partition coefficient (Wildman–Crippen LogP) is 1.36. The van der Waals surface area contributed by atoms with Crippen molar-refractivity contribution in [1.82, 2.24) is 35.3 Å². The minimum Gasteiger partial charge on any atom is -0.341 e. The highest BCUT2D eigenvalue weighted by molar-refractivity contribution is 5.92. The highest BCUT2D eigenvalue weighted by Gasteiger charge is 2.30. The van der Waals surface area contributed by atoms with Gasteiger partial charge in [-0.05, 0) is 42.2 Å². The fraction of sp³-hybridized carbons (Fsp3) is 0.643. The third kappa shape index (κ3) is 2.72. The SMILES string of the molecule is CC(C)c1cc(C(=O)N[C@@H](C)c2nnnn2C2CC2)nn1C. The quantitative estimate of drug-likeness (QED) is 0.900. The molecule has 0 saturated heterocycles. The number of nitrogens with zero attached hydrogens (tertiary/aromatic N) is 6. The molecule has 0 bridgehead atoms. The van der Waals surface area contributed by atoms with Crippen LogP contribution >= 0.6 is 0 Å². The summed E-state index contributed by atoms with van der Waals surface area (Å²) in [5.41, 5.74) is 1.45. The molecular weight excluding hydrogens is 282 g/mol. The molecule has 0 aromatic carbocycles. The molecule has 0 spiro atoms. The maximum Gasteiger partial charge on any atom is 0.272 e. The zero-order valence-corrected chi connectivity index (χ0v) is 13.3. The van der Waals surface area contributed by atoms with E-state index in [4.69, 9.17) is 0 Å². The highest BCUT2D eigenvalue weighted by Crippen LogP contribution is 2.35. The van der Waals surface area contributed by atoms with Gasteiger partial charge in [0.2, 0.25) is 0 Å². The van der Waals surface area contributed by atoms with Gasteiger partial charge in [-0.1, -0.05) is 13.8 Å². The molecule has 118 valence electrons. The summed E-state index contributed by atoms with van der Waals surface area (Å²) in [5, 5.41) is 19.0. The number of tetrazole rings is 1. The Labute approximate surface area is 128 Å². The van der Waals surface area contributed by atoms with Crippen LogP contribution in [0.15, 0.2) is 6.07 Å². The molecule has 2 aromatic heterocycles. The number of aromatic nitrogens is 6. The standard InChI is InChI=1S/C14H21N7O/c1-8(2)12-7-11(17-20(12)4)14(22)15-9(3)13-16-18-19-21(13)10-5-6-10/h7-10H,5-6H2,1-4H3,(H,15,22)/t9-/m0/s1. The summed E-state index contributed by atoms with van der Waals surface area (Å²) in [4.78, 5) is 12.4. The van der Waals surface area contributed by atoms with E-state index in [1.165, 1.54) is 0 Å². The first kappa shape index (κ1) is 14.7. The molecule has 1 aliphatic carbocycles. The summed E-state index contributed by atoms with van der Waals surface area (Å²) in [5.74, 6) is 0.801. The molecule has 0 aliphatic heterocycles. The van der Waals surface area contributed by atoms with Gasteiger partial charge in [-0.25, -0.2) is 4.68 Å². The fourth-order valence-corrected chi connectivity index (χ4v) is 2.53. The lowest BCUT2D eigenvalue weighted by Crippen LogP contribution is -2.29. The third-order valence-electron chi connectivity index (χ3n) is 3.89. The number of carbonyl (C=O) groups is 1. The molecule has 22 heavy (non-hydrogen) atoms. The molecular formula is C14H21N7O.